The summed E-state index contributed by atoms with van der Waals surface area (Å²) >= 11 is 0. The van der Waals surface area contributed by atoms with Gasteiger partial charge >= 0.3 is 0 Å². The van der Waals surface area contributed by atoms with Crippen LogP contribution in [0.25, 0.3) is 0 Å². The number of hydrogen-bond acceptors (Lipinski definition) is 4. The van der Waals surface area contributed by atoms with Crippen LogP contribution in [0.4, 0.5) is 0 Å². The number of aryl methyl sites for hydroxylation is 1. The molecule has 0 saturated carbocycles. The zero-order valence-corrected chi connectivity index (χ0v) is 9.18. The predicted octanol–water partition coefficient (Wildman–Crippen LogP) is 1.73. The van der Waals surface area contributed by atoms with E-state index in [2.05, 4.69) is 10.4 Å². The summed E-state index contributed by atoms with van der Waals surface area (Å²) in [7, 11) is 0. The van der Waals surface area contributed by atoms with Gasteiger partial charge in [-0.05, 0) is 42.7 Å². The van der Waals surface area contributed by atoms with Gasteiger partial charge in [0.1, 0.15) is 0 Å². The Morgan fingerprint density at radius 2 is 2.38 bits per heavy atom. The van der Waals surface area contributed by atoms with Crippen LogP contribution in [0.3, 0.4) is 0 Å². The van der Waals surface area contributed by atoms with E-state index in [1.807, 2.05) is 25.1 Å². The average molecular weight is 217 g/mol. The molecule has 1 unspecified atom stereocenters. The van der Waals surface area contributed by atoms with Crippen molar-refractivity contribution >= 4 is 0 Å². The van der Waals surface area contributed by atoms with Gasteiger partial charge in [0, 0.05) is 6.20 Å². The second-order valence-corrected chi connectivity index (χ2v) is 3.81. The van der Waals surface area contributed by atoms with Crippen LogP contribution >= 0.6 is 0 Å². The van der Waals surface area contributed by atoms with Crippen LogP contribution in [0.5, 0.6) is 0 Å². The maximum absolute atomic E-state index is 5.55. The number of aromatic nitrogens is 1. The lowest BCUT2D eigenvalue weighted by Crippen LogP contribution is -2.30. The highest BCUT2D eigenvalue weighted by molar-refractivity contribution is 5.19. The molecule has 0 spiro atoms. The van der Waals surface area contributed by atoms with E-state index < -0.39 is 0 Å². The minimum atomic E-state index is 0.0116. The van der Waals surface area contributed by atoms with Gasteiger partial charge in [-0.15, -0.1) is 0 Å². The third kappa shape index (κ3) is 2.48. The van der Waals surface area contributed by atoms with Crippen molar-refractivity contribution in [3.8, 4) is 0 Å². The van der Waals surface area contributed by atoms with E-state index in [4.69, 9.17) is 10.3 Å². The van der Waals surface area contributed by atoms with Crippen molar-refractivity contribution in [3.63, 3.8) is 0 Å². The van der Waals surface area contributed by atoms with E-state index >= 15 is 0 Å². The second-order valence-electron chi connectivity index (χ2n) is 3.81. The van der Waals surface area contributed by atoms with Crippen LogP contribution in [0.2, 0.25) is 0 Å². The quantitative estimate of drug-likeness (QED) is 0.604. The molecule has 0 radical (unpaired) electrons. The molecule has 84 valence electrons. The van der Waals surface area contributed by atoms with Gasteiger partial charge in [0.25, 0.3) is 0 Å². The number of nitrogens with two attached hydrogens (primary N) is 1. The summed E-state index contributed by atoms with van der Waals surface area (Å²) in [5.41, 5.74) is 6.01. The molecule has 2 rings (SSSR count). The van der Waals surface area contributed by atoms with Crippen molar-refractivity contribution in [1.82, 2.24) is 10.4 Å². The Morgan fingerprint density at radius 1 is 1.50 bits per heavy atom. The summed E-state index contributed by atoms with van der Waals surface area (Å²) < 4.78 is 5.03. The lowest BCUT2D eigenvalue weighted by Gasteiger charge is -2.14. The highest BCUT2D eigenvalue weighted by Crippen LogP contribution is 2.16. The van der Waals surface area contributed by atoms with Crippen molar-refractivity contribution in [2.75, 3.05) is 0 Å². The van der Waals surface area contributed by atoms with E-state index in [9.17, 15) is 0 Å². The van der Waals surface area contributed by atoms with Gasteiger partial charge in [-0.3, -0.25) is 16.3 Å². The third-order valence-corrected chi connectivity index (χ3v) is 2.51. The number of pyridine rings is 1. The normalized spacial score (nSPS) is 12.6. The molecular formula is C12H15N3O. The van der Waals surface area contributed by atoms with E-state index in [-0.39, 0.29) is 6.04 Å². The van der Waals surface area contributed by atoms with Crippen LogP contribution in [-0.4, -0.2) is 4.98 Å². The first kappa shape index (κ1) is 10.9. The Hall–Kier alpha value is -1.65. The summed E-state index contributed by atoms with van der Waals surface area (Å²) in [5, 5.41) is 0. The van der Waals surface area contributed by atoms with Crippen molar-refractivity contribution in [1.29, 1.82) is 0 Å². The van der Waals surface area contributed by atoms with Gasteiger partial charge in [0.05, 0.1) is 24.3 Å². The topological polar surface area (TPSA) is 64.1 Å². The molecule has 1 atom stereocenters. The van der Waals surface area contributed by atoms with Gasteiger partial charge in [0.15, 0.2) is 0 Å². The molecule has 2 aromatic rings. The van der Waals surface area contributed by atoms with Crippen LogP contribution in [0.15, 0.2) is 41.3 Å². The van der Waals surface area contributed by atoms with Crippen molar-refractivity contribution in [2.24, 2.45) is 5.84 Å². The van der Waals surface area contributed by atoms with Crippen molar-refractivity contribution < 1.29 is 4.42 Å². The van der Waals surface area contributed by atoms with Crippen LogP contribution < -0.4 is 11.3 Å². The molecular weight excluding hydrogens is 202 g/mol. The van der Waals surface area contributed by atoms with Crippen LogP contribution in [-0.2, 0) is 6.42 Å². The SMILES string of the molecule is Cc1ccnc(C(Cc2ccoc2)NN)c1. The van der Waals surface area contributed by atoms with Crippen molar-refractivity contribution in [2.45, 2.75) is 19.4 Å². The van der Waals surface area contributed by atoms with Crippen molar-refractivity contribution in [3.05, 3.63) is 53.7 Å². The van der Waals surface area contributed by atoms with Gasteiger partial charge in [0.2, 0.25) is 0 Å². The minimum Gasteiger partial charge on any atom is -0.472 e. The summed E-state index contributed by atoms with van der Waals surface area (Å²) in [5.74, 6) is 5.55. The van der Waals surface area contributed by atoms with E-state index in [0.717, 1.165) is 17.7 Å². The number of rotatable bonds is 4. The Labute approximate surface area is 94.5 Å². The lowest BCUT2D eigenvalue weighted by molar-refractivity contribution is 0.526. The molecule has 4 nitrogen and oxygen atoms in total. The number of furan rings is 1. The smallest absolute Gasteiger partial charge is 0.0935 e. The standard InChI is InChI=1S/C12H15N3O/c1-9-2-4-14-11(6-9)12(15-13)7-10-3-5-16-8-10/h2-6,8,12,15H,7,13H2,1H3. The van der Waals surface area contributed by atoms with Gasteiger partial charge in [-0.2, -0.15) is 0 Å². The molecule has 0 aliphatic heterocycles. The molecule has 16 heavy (non-hydrogen) atoms. The van der Waals surface area contributed by atoms with Gasteiger partial charge < -0.3 is 4.42 Å². The average Bonchev–Trinajstić information content (AvgIpc) is 2.78. The Kier molecular flexibility index (Phi) is 3.34. The molecule has 0 aliphatic carbocycles. The van der Waals surface area contributed by atoms with Crippen LogP contribution in [0, 0.1) is 6.92 Å². The molecule has 0 bridgehead atoms. The fraction of sp³-hybridized carbons (Fsp3) is 0.250. The summed E-state index contributed by atoms with van der Waals surface area (Å²) in [6, 6.07) is 5.94. The molecule has 0 saturated heterocycles. The summed E-state index contributed by atoms with van der Waals surface area (Å²) in [6.07, 6.45) is 5.94. The van der Waals surface area contributed by atoms with E-state index in [1.54, 1.807) is 18.7 Å². The number of hydrazine groups is 1. The van der Waals surface area contributed by atoms with Crippen LogP contribution in [0.1, 0.15) is 22.9 Å². The maximum atomic E-state index is 5.55. The number of nitrogens with one attached hydrogen (secondary N) is 1. The highest BCUT2D eigenvalue weighted by atomic mass is 16.3. The first-order chi connectivity index (χ1) is 7.79. The molecule has 4 heteroatoms. The second kappa shape index (κ2) is 4.92. The zero-order chi connectivity index (χ0) is 11.4. The predicted molar refractivity (Wildman–Crippen MR) is 61.5 cm³/mol. The maximum Gasteiger partial charge on any atom is 0.0935 e. The molecule has 3 N–H and O–H groups in total. The number of hydrogen-bond donors (Lipinski definition) is 2. The zero-order valence-electron chi connectivity index (χ0n) is 9.18. The molecule has 0 amide bonds. The fourth-order valence-corrected chi connectivity index (χ4v) is 1.64. The summed E-state index contributed by atoms with van der Waals surface area (Å²) in [4.78, 5) is 4.32. The Morgan fingerprint density at radius 3 is 3.00 bits per heavy atom. The molecule has 2 aromatic heterocycles. The first-order valence-electron chi connectivity index (χ1n) is 5.19. The first-order valence-corrected chi connectivity index (χ1v) is 5.19. The molecule has 0 aromatic carbocycles. The summed E-state index contributed by atoms with van der Waals surface area (Å²) in [6.45, 7) is 2.04. The molecule has 2 heterocycles. The molecule has 0 fully saturated rings. The monoisotopic (exact) mass is 217 g/mol. The third-order valence-electron chi connectivity index (χ3n) is 2.51. The minimum absolute atomic E-state index is 0.0116. The Bertz CT molecular complexity index is 439. The Balaban J connectivity index is 2.16. The molecule has 0 aliphatic rings. The fourth-order valence-electron chi connectivity index (χ4n) is 1.64. The van der Waals surface area contributed by atoms with Gasteiger partial charge in [-0.1, -0.05) is 0 Å². The number of nitrogens with zero attached hydrogens (tertiary/aromatic N) is 1. The highest BCUT2D eigenvalue weighted by Gasteiger charge is 2.12. The van der Waals surface area contributed by atoms with Gasteiger partial charge in [-0.25, -0.2) is 0 Å². The lowest BCUT2D eigenvalue weighted by atomic mass is 10.0. The van der Waals surface area contributed by atoms with E-state index in [0.29, 0.717) is 0 Å². The van der Waals surface area contributed by atoms with E-state index in [1.165, 1.54) is 5.56 Å². The largest absolute Gasteiger partial charge is 0.472 e.